The van der Waals surface area contributed by atoms with Gasteiger partial charge in [-0.05, 0) is 65.2 Å². The number of benzene rings is 1. The summed E-state index contributed by atoms with van der Waals surface area (Å²) in [5.41, 5.74) is 7.52. The van der Waals surface area contributed by atoms with Crippen LogP contribution in [0.2, 0.25) is 0 Å². The third-order valence-electron chi connectivity index (χ3n) is 6.46. The number of nitrogens with two attached hydrogens (primary N) is 1. The van der Waals surface area contributed by atoms with Gasteiger partial charge in [-0.2, -0.15) is 0 Å². The van der Waals surface area contributed by atoms with Gasteiger partial charge in [0.1, 0.15) is 18.0 Å². The van der Waals surface area contributed by atoms with Crippen LogP contribution in [0, 0.1) is 0 Å². The predicted octanol–water partition coefficient (Wildman–Crippen LogP) is 4.19. The summed E-state index contributed by atoms with van der Waals surface area (Å²) in [6, 6.07) is 8.18. The SMILES string of the molecule is CC/C=C(\NC(N)=N[C@@H](C)c1ccc(CN2CCN(C(=O)OC(C)(C)C)CC2)cc1)N1C(=O)OCC1(C)C. The lowest BCUT2D eigenvalue weighted by molar-refractivity contribution is 0.0139. The number of allylic oxidation sites excluding steroid dienone is 1. The van der Waals surface area contributed by atoms with Crippen LogP contribution in [-0.4, -0.2) is 76.8 Å². The molecule has 0 radical (unpaired) electrons. The fourth-order valence-corrected chi connectivity index (χ4v) is 4.45. The summed E-state index contributed by atoms with van der Waals surface area (Å²) in [5.74, 6) is 0.815. The highest BCUT2D eigenvalue weighted by Crippen LogP contribution is 2.27. The molecule has 0 unspecified atom stereocenters. The number of carbonyl (C=O) groups is 2. The Bertz CT molecular complexity index is 1040. The van der Waals surface area contributed by atoms with Crippen molar-refractivity contribution in [3.05, 3.63) is 47.3 Å². The van der Waals surface area contributed by atoms with E-state index >= 15 is 0 Å². The van der Waals surface area contributed by atoms with Gasteiger partial charge in [0.15, 0.2) is 5.96 Å². The summed E-state index contributed by atoms with van der Waals surface area (Å²) < 4.78 is 10.7. The third-order valence-corrected chi connectivity index (χ3v) is 6.46. The number of ether oxygens (including phenoxy) is 2. The fourth-order valence-electron chi connectivity index (χ4n) is 4.45. The van der Waals surface area contributed by atoms with Crippen molar-refractivity contribution in [1.82, 2.24) is 20.0 Å². The molecule has 2 saturated heterocycles. The number of rotatable bonds is 7. The number of nitrogens with zero attached hydrogens (tertiary/aromatic N) is 4. The van der Waals surface area contributed by atoms with E-state index in [1.54, 1.807) is 9.80 Å². The Labute approximate surface area is 226 Å². The van der Waals surface area contributed by atoms with Crippen molar-refractivity contribution in [1.29, 1.82) is 0 Å². The Morgan fingerprint density at radius 2 is 1.84 bits per heavy atom. The molecule has 2 fully saturated rings. The van der Waals surface area contributed by atoms with E-state index in [9.17, 15) is 9.59 Å². The second kappa shape index (κ2) is 12.1. The van der Waals surface area contributed by atoms with E-state index in [4.69, 9.17) is 15.2 Å². The van der Waals surface area contributed by atoms with Gasteiger partial charge in [-0.15, -0.1) is 0 Å². The van der Waals surface area contributed by atoms with Gasteiger partial charge in [-0.3, -0.25) is 9.80 Å². The first-order valence-corrected chi connectivity index (χ1v) is 13.4. The highest BCUT2D eigenvalue weighted by Gasteiger charge is 2.42. The maximum Gasteiger partial charge on any atom is 0.416 e. The second-order valence-corrected chi connectivity index (χ2v) is 11.5. The number of cyclic esters (lactones) is 1. The van der Waals surface area contributed by atoms with Gasteiger partial charge in [0.05, 0.1) is 11.6 Å². The van der Waals surface area contributed by atoms with Crippen LogP contribution in [0.1, 0.15) is 72.1 Å². The quantitative estimate of drug-likeness (QED) is 0.403. The fraction of sp³-hybridized carbons (Fsp3) is 0.607. The lowest BCUT2D eigenvalue weighted by Crippen LogP contribution is -2.49. The molecular formula is C28H44N6O4. The van der Waals surface area contributed by atoms with Gasteiger partial charge in [0.25, 0.3) is 0 Å². The molecule has 2 heterocycles. The van der Waals surface area contributed by atoms with Crippen LogP contribution in [0.25, 0.3) is 0 Å². The zero-order valence-corrected chi connectivity index (χ0v) is 23.9. The lowest BCUT2D eigenvalue weighted by Gasteiger charge is -2.35. The first-order chi connectivity index (χ1) is 17.8. The number of guanidine groups is 1. The van der Waals surface area contributed by atoms with Crippen LogP contribution in [0.4, 0.5) is 9.59 Å². The van der Waals surface area contributed by atoms with Crippen molar-refractivity contribution in [3.8, 4) is 0 Å². The number of amides is 2. The Kier molecular flexibility index (Phi) is 9.30. The molecule has 210 valence electrons. The number of piperazine rings is 1. The van der Waals surface area contributed by atoms with Gasteiger partial charge >= 0.3 is 12.2 Å². The molecule has 0 aromatic heterocycles. The summed E-state index contributed by atoms with van der Waals surface area (Å²) in [6.45, 7) is 17.6. The highest BCUT2D eigenvalue weighted by molar-refractivity contribution is 5.82. The minimum atomic E-state index is -0.481. The molecule has 10 heteroatoms. The molecule has 0 bridgehead atoms. The van der Waals surface area contributed by atoms with E-state index < -0.39 is 17.2 Å². The lowest BCUT2D eigenvalue weighted by atomic mass is 10.1. The number of hydrogen-bond donors (Lipinski definition) is 2. The first-order valence-electron chi connectivity index (χ1n) is 13.4. The number of nitrogens with one attached hydrogen (secondary N) is 1. The summed E-state index contributed by atoms with van der Waals surface area (Å²) >= 11 is 0. The molecular weight excluding hydrogens is 484 g/mol. The molecule has 10 nitrogen and oxygen atoms in total. The average Bonchev–Trinajstić information content (AvgIpc) is 3.10. The van der Waals surface area contributed by atoms with E-state index in [0.29, 0.717) is 25.5 Å². The smallest absolute Gasteiger partial charge is 0.416 e. The molecule has 1 aromatic rings. The molecule has 3 N–H and O–H groups in total. The van der Waals surface area contributed by atoms with Crippen LogP contribution in [0.3, 0.4) is 0 Å². The summed E-state index contributed by atoms with van der Waals surface area (Å²) in [7, 11) is 0. The molecule has 3 rings (SSSR count). The van der Waals surface area contributed by atoms with Crippen LogP contribution in [-0.2, 0) is 16.0 Å². The van der Waals surface area contributed by atoms with E-state index in [-0.39, 0.29) is 18.1 Å². The predicted molar refractivity (Wildman–Crippen MR) is 148 cm³/mol. The minimum absolute atomic E-state index is 0.171. The van der Waals surface area contributed by atoms with Crippen LogP contribution in [0.5, 0.6) is 0 Å². The number of hydrogen-bond acceptors (Lipinski definition) is 6. The molecule has 38 heavy (non-hydrogen) atoms. The zero-order valence-electron chi connectivity index (χ0n) is 23.9. The van der Waals surface area contributed by atoms with Gasteiger partial charge in [0, 0.05) is 32.7 Å². The zero-order chi connectivity index (χ0) is 28.1. The number of aliphatic imine (C=N–C) groups is 1. The number of carbonyl (C=O) groups excluding carboxylic acids is 2. The van der Waals surface area contributed by atoms with Crippen LogP contribution >= 0.6 is 0 Å². The van der Waals surface area contributed by atoms with Crippen molar-refractivity contribution >= 4 is 18.1 Å². The molecule has 1 aromatic carbocycles. The maximum atomic E-state index is 12.3. The van der Waals surface area contributed by atoms with Crippen molar-refractivity contribution in [2.75, 3.05) is 32.8 Å². The standard InChI is InChI=1S/C28H44N6O4/c1-8-9-23(34-26(36)37-19-28(34,6)7)31-24(29)30-20(2)22-12-10-21(11-13-22)18-32-14-16-33(17-15-32)25(35)38-27(3,4)5/h9-13,20H,8,14-19H2,1-7H3,(H3,29,30,31)/b23-9+/t20-/m0/s1. The monoisotopic (exact) mass is 528 g/mol. The van der Waals surface area contributed by atoms with Gasteiger partial charge in [-0.25, -0.2) is 14.6 Å². The van der Waals surface area contributed by atoms with E-state index in [1.165, 1.54) is 5.56 Å². The largest absolute Gasteiger partial charge is 0.447 e. The molecule has 0 saturated carbocycles. The maximum absolute atomic E-state index is 12.3. The third kappa shape index (κ3) is 7.86. The summed E-state index contributed by atoms with van der Waals surface area (Å²) in [6.07, 6.45) is 1.99. The van der Waals surface area contributed by atoms with Crippen molar-refractivity contribution in [2.24, 2.45) is 10.7 Å². The Morgan fingerprint density at radius 1 is 1.21 bits per heavy atom. The topological polar surface area (TPSA) is 113 Å². The Morgan fingerprint density at radius 3 is 2.37 bits per heavy atom. The Balaban J connectivity index is 1.55. The molecule has 0 aliphatic carbocycles. The Hall–Kier alpha value is -3.27. The van der Waals surface area contributed by atoms with Crippen molar-refractivity contribution < 1.29 is 19.1 Å². The molecule has 1 atom stereocenters. The molecule has 0 spiro atoms. The normalized spacial score (nSPS) is 19.8. The first kappa shape index (κ1) is 29.3. The molecule has 2 amide bonds. The van der Waals surface area contributed by atoms with Crippen molar-refractivity contribution in [2.45, 2.75) is 78.6 Å². The summed E-state index contributed by atoms with van der Waals surface area (Å²) in [5, 5.41) is 3.11. The summed E-state index contributed by atoms with van der Waals surface area (Å²) in [4.78, 5) is 34.9. The highest BCUT2D eigenvalue weighted by atomic mass is 16.6. The van der Waals surface area contributed by atoms with E-state index in [0.717, 1.165) is 31.6 Å². The van der Waals surface area contributed by atoms with Gasteiger partial charge in [-0.1, -0.05) is 31.2 Å². The van der Waals surface area contributed by atoms with E-state index in [2.05, 4.69) is 39.5 Å². The second-order valence-electron chi connectivity index (χ2n) is 11.5. The van der Waals surface area contributed by atoms with Gasteiger partial charge < -0.3 is 25.4 Å². The van der Waals surface area contributed by atoms with Gasteiger partial charge in [0.2, 0.25) is 0 Å². The van der Waals surface area contributed by atoms with E-state index in [1.807, 2.05) is 54.5 Å². The van der Waals surface area contributed by atoms with Crippen LogP contribution < -0.4 is 11.1 Å². The molecule has 2 aliphatic rings. The minimum Gasteiger partial charge on any atom is -0.447 e. The van der Waals surface area contributed by atoms with Crippen molar-refractivity contribution in [3.63, 3.8) is 0 Å². The van der Waals surface area contributed by atoms with Crippen LogP contribution in [0.15, 0.2) is 41.2 Å². The molecule has 2 aliphatic heterocycles. The average molecular weight is 529 g/mol.